The maximum atomic E-state index is 12.2. The van der Waals surface area contributed by atoms with E-state index in [-0.39, 0.29) is 18.9 Å². The van der Waals surface area contributed by atoms with Gasteiger partial charge in [0.2, 0.25) is 11.8 Å². The normalized spacial score (nSPS) is 16.3. The van der Waals surface area contributed by atoms with Crippen LogP contribution in [0.4, 0.5) is 16.2 Å². The molecule has 2 aromatic rings. The third-order valence-electron chi connectivity index (χ3n) is 3.97. The van der Waals surface area contributed by atoms with Crippen molar-refractivity contribution in [1.29, 1.82) is 0 Å². The predicted molar refractivity (Wildman–Crippen MR) is 98.7 cm³/mol. The van der Waals surface area contributed by atoms with Crippen LogP contribution < -0.4 is 21.1 Å². The Bertz CT molecular complexity index is 811. The summed E-state index contributed by atoms with van der Waals surface area (Å²) in [5, 5.41) is 3.15. The number of nitrogens with zero attached hydrogens (tertiary/aromatic N) is 1. The molecule has 1 aliphatic rings. The molecule has 26 heavy (non-hydrogen) atoms. The van der Waals surface area contributed by atoms with E-state index < -0.39 is 17.9 Å². The number of hydrazine groups is 1. The van der Waals surface area contributed by atoms with Crippen molar-refractivity contribution >= 4 is 40.8 Å². The summed E-state index contributed by atoms with van der Waals surface area (Å²) in [7, 11) is 0. The van der Waals surface area contributed by atoms with E-state index >= 15 is 0 Å². The molecule has 1 saturated heterocycles. The Morgan fingerprint density at radius 3 is 2.38 bits per heavy atom. The lowest BCUT2D eigenvalue weighted by atomic mass is 10.1. The average Bonchev–Trinajstić information content (AvgIpc) is 3.03. The van der Waals surface area contributed by atoms with E-state index in [0.29, 0.717) is 16.4 Å². The molecule has 0 saturated carbocycles. The van der Waals surface area contributed by atoms with Gasteiger partial charge in [0.05, 0.1) is 5.92 Å². The van der Waals surface area contributed by atoms with Crippen LogP contribution in [0, 0.1) is 5.92 Å². The molecule has 1 unspecified atom stereocenters. The molecule has 3 N–H and O–H groups in total. The minimum absolute atomic E-state index is 0.0798. The van der Waals surface area contributed by atoms with Gasteiger partial charge in [0.1, 0.15) is 0 Å². The van der Waals surface area contributed by atoms with Crippen LogP contribution >= 0.6 is 11.6 Å². The van der Waals surface area contributed by atoms with E-state index in [1.54, 1.807) is 48.5 Å². The van der Waals surface area contributed by atoms with Crippen LogP contribution in [0.1, 0.15) is 6.42 Å². The Balaban J connectivity index is 1.51. The third kappa shape index (κ3) is 4.31. The van der Waals surface area contributed by atoms with Gasteiger partial charge in [-0.15, -0.1) is 0 Å². The molecule has 134 valence electrons. The summed E-state index contributed by atoms with van der Waals surface area (Å²) < 4.78 is 0. The van der Waals surface area contributed by atoms with Crippen molar-refractivity contribution in [3.8, 4) is 0 Å². The van der Waals surface area contributed by atoms with E-state index in [1.165, 1.54) is 4.90 Å². The minimum atomic E-state index is -0.566. The van der Waals surface area contributed by atoms with Crippen molar-refractivity contribution in [2.45, 2.75) is 6.42 Å². The summed E-state index contributed by atoms with van der Waals surface area (Å²) in [5.74, 6) is -1.12. The molecular formula is C18H17ClN4O3. The third-order valence-corrected chi connectivity index (χ3v) is 4.22. The summed E-state index contributed by atoms with van der Waals surface area (Å²) >= 11 is 5.85. The number of anilines is 2. The van der Waals surface area contributed by atoms with Gasteiger partial charge in [-0.2, -0.15) is 0 Å². The summed E-state index contributed by atoms with van der Waals surface area (Å²) in [6, 6.07) is 15.1. The second-order valence-electron chi connectivity index (χ2n) is 5.82. The number of hydrogen-bond acceptors (Lipinski definition) is 3. The first-order chi connectivity index (χ1) is 12.5. The summed E-state index contributed by atoms with van der Waals surface area (Å²) in [4.78, 5) is 37.7. The van der Waals surface area contributed by atoms with Crippen LogP contribution in [0.15, 0.2) is 54.6 Å². The zero-order chi connectivity index (χ0) is 18.5. The van der Waals surface area contributed by atoms with Crippen LogP contribution in [0.2, 0.25) is 5.02 Å². The molecule has 8 heteroatoms. The standard InChI is InChI=1S/C18H17ClN4O3/c19-13-6-8-15(9-7-13)23-11-12(10-16(23)24)17(25)21-22-18(26)20-14-4-2-1-3-5-14/h1-9,12H,10-11H2,(H,21,25)(H2,20,22,26). The second kappa shape index (κ2) is 7.88. The fraction of sp³-hybridized carbons (Fsp3) is 0.167. The second-order valence-corrected chi connectivity index (χ2v) is 6.25. The fourth-order valence-electron chi connectivity index (χ4n) is 2.66. The van der Waals surface area contributed by atoms with Crippen LogP contribution in [-0.2, 0) is 9.59 Å². The Hall–Kier alpha value is -3.06. The average molecular weight is 373 g/mol. The van der Waals surface area contributed by atoms with Gasteiger partial charge in [-0.1, -0.05) is 29.8 Å². The number of benzene rings is 2. The molecule has 4 amide bonds. The molecular weight excluding hydrogens is 356 g/mol. The van der Waals surface area contributed by atoms with Crippen molar-refractivity contribution in [1.82, 2.24) is 10.9 Å². The van der Waals surface area contributed by atoms with Crippen LogP contribution in [0.25, 0.3) is 0 Å². The fourth-order valence-corrected chi connectivity index (χ4v) is 2.78. The number of amides is 4. The number of hydrogen-bond donors (Lipinski definition) is 3. The van der Waals surface area contributed by atoms with E-state index in [9.17, 15) is 14.4 Å². The van der Waals surface area contributed by atoms with Crippen LogP contribution in [-0.4, -0.2) is 24.4 Å². The number of urea groups is 1. The molecule has 2 aromatic carbocycles. The molecule has 3 rings (SSSR count). The highest BCUT2D eigenvalue weighted by atomic mass is 35.5. The molecule has 1 aliphatic heterocycles. The zero-order valence-corrected chi connectivity index (χ0v) is 14.5. The zero-order valence-electron chi connectivity index (χ0n) is 13.7. The van der Waals surface area contributed by atoms with Gasteiger partial charge < -0.3 is 10.2 Å². The first-order valence-electron chi connectivity index (χ1n) is 8.01. The highest BCUT2D eigenvalue weighted by Crippen LogP contribution is 2.26. The minimum Gasteiger partial charge on any atom is -0.312 e. The van der Waals surface area contributed by atoms with Crippen molar-refractivity contribution in [2.75, 3.05) is 16.8 Å². The molecule has 1 heterocycles. The van der Waals surface area contributed by atoms with Crippen molar-refractivity contribution in [2.24, 2.45) is 5.92 Å². The van der Waals surface area contributed by atoms with E-state index in [2.05, 4.69) is 16.2 Å². The molecule has 1 atom stereocenters. The summed E-state index contributed by atoms with van der Waals surface area (Å²) in [6.45, 7) is 0.244. The molecule has 0 aromatic heterocycles. The van der Waals surface area contributed by atoms with Crippen LogP contribution in [0.5, 0.6) is 0 Å². The number of carbonyl (C=O) groups excluding carboxylic acids is 3. The lowest BCUT2D eigenvalue weighted by Crippen LogP contribution is -2.46. The smallest absolute Gasteiger partial charge is 0.312 e. The monoisotopic (exact) mass is 372 g/mol. The predicted octanol–water partition coefficient (Wildman–Crippen LogP) is 2.55. The maximum Gasteiger partial charge on any atom is 0.337 e. The van der Waals surface area contributed by atoms with Gasteiger partial charge in [0.25, 0.3) is 0 Å². The topological polar surface area (TPSA) is 90.5 Å². The van der Waals surface area contributed by atoms with Gasteiger partial charge in [-0.25, -0.2) is 10.2 Å². The van der Waals surface area contributed by atoms with Gasteiger partial charge >= 0.3 is 6.03 Å². The van der Waals surface area contributed by atoms with Crippen molar-refractivity contribution in [3.63, 3.8) is 0 Å². The first-order valence-corrected chi connectivity index (χ1v) is 8.38. The quantitative estimate of drug-likeness (QED) is 0.723. The van der Waals surface area contributed by atoms with Gasteiger partial charge in [0.15, 0.2) is 0 Å². The Kier molecular flexibility index (Phi) is 5.38. The van der Waals surface area contributed by atoms with Gasteiger partial charge in [-0.3, -0.25) is 15.0 Å². The van der Waals surface area contributed by atoms with Gasteiger partial charge in [-0.05, 0) is 36.4 Å². The van der Waals surface area contributed by atoms with E-state index in [0.717, 1.165) is 0 Å². The lowest BCUT2D eigenvalue weighted by molar-refractivity contribution is -0.126. The molecule has 0 spiro atoms. The Morgan fingerprint density at radius 2 is 1.69 bits per heavy atom. The Morgan fingerprint density at radius 1 is 1.00 bits per heavy atom. The molecule has 0 aliphatic carbocycles. The summed E-state index contributed by atoms with van der Waals surface area (Å²) in [5.41, 5.74) is 5.92. The lowest BCUT2D eigenvalue weighted by Gasteiger charge is -2.17. The van der Waals surface area contributed by atoms with E-state index in [4.69, 9.17) is 11.6 Å². The van der Waals surface area contributed by atoms with E-state index in [1.807, 2.05) is 6.07 Å². The number of carbonyl (C=O) groups is 3. The van der Waals surface area contributed by atoms with Crippen molar-refractivity contribution < 1.29 is 14.4 Å². The number of halogens is 1. The summed E-state index contributed by atoms with van der Waals surface area (Å²) in [6.07, 6.45) is 0.0798. The number of nitrogens with one attached hydrogen (secondary N) is 3. The molecule has 1 fully saturated rings. The first kappa shape index (κ1) is 17.8. The largest absolute Gasteiger partial charge is 0.337 e. The Labute approximate surface area is 155 Å². The van der Waals surface area contributed by atoms with Crippen LogP contribution in [0.3, 0.4) is 0 Å². The molecule has 7 nitrogen and oxygen atoms in total. The van der Waals surface area contributed by atoms with Gasteiger partial charge in [0, 0.05) is 29.4 Å². The molecule has 0 bridgehead atoms. The highest BCUT2D eigenvalue weighted by Gasteiger charge is 2.35. The number of para-hydroxylation sites is 1. The molecule has 0 radical (unpaired) electrons. The maximum absolute atomic E-state index is 12.2. The number of rotatable bonds is 3. The SMILES string of the molecule is O=C(NNC(=O)C1CC(=O)N(c2ccc(Cl)cc2)C1)Nc1ccccc1. The highest BCUT2D eigenvalue weighted by molar-refractivity contribution is 6.30. The van der Waals surface area contributed by atoms with Crippen molar-refractivity contribution in [3.05, 3.63) is 59.6 Å².